The molecule has 0 spiro atoms. The average Bonchev–Trinajstić information content (AvgIpc) is 2.84. The Morgan fingerprint density at radius 1 is 1.35 bits per heavy atom. The third kappa shape index (κ3) is 5.38. The molecule has 0 atom stereocenters. The number of aromatic nitrogens is 2. The first kappa shape index (κ1) is 16.1. The number of nitrogens with zero attached hydrogens (tertiary/aromatic N) is 3. The number of hydrogen-bond donors (Lipinski definition) is 1. The summed E-state index contributed by atoms with van der Waals surface area (Å²) in [6.07, 6.45) is 1.21. The first-order valence-corrected chi connectivity index (χ1v) is 6.68. The van der Waals surface area contributed by atoms with Gasteiger partial charge in [-0.3, -0.25) is 9.59 Å². The maximum absolute atomic E-state index is 11.8. The largest absolute Gasteiger partial charge is 0.481 e. The summed E-state index contributed by atoms with van der Waals surface area (Å²) < 4.78 is 5.06. The molecule has 0 saturated carbocycles. The van der Waals surface area contributed by atoms with Crippen LogP contribution in [0.15, 0.2) is 4.52 Å². The molecule has 0 aromatic carbocycles. The topological polar surface area (TPSA) is 96.5 Å². The quantitative estimate of drug-likeness (QED) is 0.775. The molecule has 0 radical (unpaired) electrons. The van der Waals surface area contributed by atoms with Crippen molar-refractivity contribution in [1.82, 2.24) is 15.0 Å². The number of aliphatic carboxylic acids is 1. The van der Waals surface area contributed by atoms with Gasteiger partial charge in [0.2, 0.25) is 11.8 Å². The number of carboxylic acid groups (broad SMARTS) is 1. The third-order valence-corrected chi connectivity index (χ3v) is 2.86. The van der Waals surface area contributed by atoms with E-state index in [1.807, 2.05) is 13.8 Å². The van der Waals surface area contributed by atoms with Crippen molar-refractivity contribution in [1.29, 1.82) is 0 Å². The van der Waals surface area contributed by atoms with Crippen molar-refractivity contribution < 1.29 is 19.2 Å². The van der Waals surface area contributed by atoms with Gasteiger partial charge in [0, 0.05) is 38.8 Å². The molecule has 20 heavy (non-hydrogen) atoms. The van der Waals surface area contributed by atoms with Crippen LogP contribution >= 0.6 is 0 Å². The summed E-state index contributed by atoms with van der Waals surface area (Å²) in [5.41, 5.74) is 0. The Bertz CT molecular complexity index is 456. The van der Waals surface area contributed by atoms with Gasteiger partial charge in [-0.15, -0.1) is 0 Å². The highest BCUT2D eigenvalue weighted by Crippen LogP contribution is 2.11. The number of aryl methyl sites for hydroxylation is 1. The molecule has 0 bridgehead atoms. The summed E-state index contributed by atoms with van der Waals surface area (Å²) in [5.74, 6) is 0.391. The van der Waals surface area contributed by atoms with Gasteiger partial charge in [0.1, 0.15) is 0 Å². The highest BCUT2D eigenvalue weighted by molar-refractivity contribution is 5.76. The van der Waals surface area contributed by atoms with Crippen molar-refractivity contribution in [3.8, 4) is 0 Å². The minimum Gasteiger partial charge on any atom is -0.481 e. The summed E-state index contributed by atoms with van der Waals surface area (Å²) in [5, 5.41) is 12.4. The number of rotatable bonds is 8. The van der Waals surface area contributed by atoms with Crippen LogP contribution in [0.5, 0.6) is 0 Å². The van der Waals surface area contributed by atoms with E-state index in [-0.39, 0.29) is 24.7 Å². The van der Waals surface area contributed by atoms with Gasteiger partial charge < -0.3 is 14.5 Å². The Morgan fingerprint density at radius 2 is 2.05 bits per heavy atom. The molecular formula is C13H21N3O4. The molecule has 1 aromatic rings. The second-order valence-corrected chi connectivity index (χ2v) is 5.01. The lowest BCUT2D eigenvalue weighted by Gasteiger charge is -2.15. The summed E-state index contributed by atoms with van der Waals surface area (Å²) >= 11 is 0. The van der Waals surface area contributed by atoms with E-state index in [2.05, 4.69) is 10.1 Å². The van der Waals surface area contributed by atoms with Gasteiger partial charge in [0.25, 0.3) is 0 Å². The molecule has 1 N–H and O–H groups in total. The molecule has 1 aromatic heterocycles. The Kier molecular flexibility index (Phi) is 6.14. The van der Waals surface area contributed by atoms with Gasteiger partial charge in [-0.25, -0.2) is 0 Å². The van der Waals surface area contributed by atoms with Crippen LogP contribution in [0.1, 0.15) is 50.7 Å². The fraction of sp³-hybridized carbons (Fsp3) is 0.692. The Labute approximate surface area is 118 Å². The molecule has 0 saturated heterocycles. The number of carboxylic acids is 1. The first-order chi connectivity index (χ1) is 9.40. The van der Waals surface area contributed by atoms with Crippen LogP contribution in [0.4, 0.5) is 0 Å². The summed E-state index contributed by atoms with van der Waals surface area (Å²) in [6, 6.07) is 0. The SMILES string of the molecule is CC(C)c1noc(CCC(=O)N(C)CCCC(=O)O)n1. The van der Waals surface area contributed by atoms with Crippen molar-refractivity contribution in [3.05, 3.63) is 11.7 Å². The van der Waals surface area contributed by atoms with Crippen molar-refractivity contribution in [2.45, 2.75) is 45.4 Å². The fourth-order valence-corrected chi connectivity index (χ4v) is 1.60. The maximum atomic E-state index is 11.8. The van der Waals surface area contributed by atoms with Crippen molar-refractivity contribution >= 4 is 11.9 Å². The lowest BCUT2D eigenvalue weighted by atomic mass is 10.2. The predicted molar refractivity (Wildman–Crippen MR) is 71.2 cm³/mol. The van der Waals surface area contributed by atoms with Crippen LogP contribution in [-0.2, 0) is 16.0 Å². The zero-order chi connectivity index (χ0) is 15.1. The Hall–Kier alpha value is -1.92. The van der Waals surface area contributed by atoms with Crippen LogP contribution in [0.2, 0.25) is 0 Å². The molecule has 112 valence electrons. The van der Waals surface area contributed by atoms with E-state index >= 15 is 0 Å². The van der Waals surface area contributed by atoms with Crippen LogP contribution < -0.4 is 0 Å². The third-order valence-electron chi connectivity index (χ3n) is 2.86. The smallest absolute Gasteiger partial charge is 0.303 e. The minimum atomic E-state index is -0.849. The number of hydrogen-bond acceptors (Lipinski definition) is 5. The molecule has 0 unspecified atom stereocenters. The van der Waals surface area contributed by atoms with Gasteiger partial charge in [-0.05, 0) is 6.42 Å². The monoisotopic (exact) mass is 283 g/mol. The second-order valence-electron chi connectivity index (χ2n) is 5.01. The molecule has 7 heteroatoms. The first-order valence-electron chi connectivity index (χ1n) is 6.68. The Balaban J connectivity index is 2.32. The summed E-state index contributed by atoms with van der Waals surface area (Å²) in [7, 11) is 1.66. The minimum absolute atomic E-state index is 0.0558. The van der Waals surface area contributed by atoms with E-state index in [1.165, 1.54) is 4.90 Å². The van der Waals surface area contributed by atoms with Gasteiger partial charge in [0.15, 0.2) is 5.82 Å². The summed E-state index contributed by atoms with van der Waals surface area (Å²) in [4.78, 5) is 27.9. The lowest BCUT2D eigenvalue weighted by molar-refractivity contribution is -0.138. The Morgan fingerprint density at radius 3 is 2.60 bits per heavy atom. The molecule has 7 nitrogen and oxygen atoms in total. The zero-order valence-corrected chi connectivity index (χ0v) is 12.1. The molecule has 0 aliphatic carbocycles. The van der Waals surface area contributed by atoms with E-state index < -0.39 is 5.97 Å². The van der Waals surface area contributed by atoms with Crippen LogP contribution in [0.3, 0.4) is 0 Å². The fourth-order valence-electron chi connectivity index (χ4n) is 1.60. The van der Waals surface area contributed by atoms with Crippen LogP contribution in [0, 0.1) is 0 Å². The van der Waals surface area contributed by atoms with E-state index in [0.717, 1.165) is 0 Å². The van der Waals surface area contributed by atoms with E-state index in [0.29, 0.717) is 31.1 Å². The van der Waals surface area contributed by atoms with Crippen LogP contribution in [0.25, 0.3) is 0 Å². The van der Waals surface area contributed by atoms with Crippen LogP contribution in [-0.4, -0.2) is 45.6 Å². The van der Waals surface area contributed by atoms with Gasteiger partial charge in [0.05, 0.1) is 0 Å². The molecule has 0 aliphatic rings. The highest BCUT2D eigenvalue weighted by Gasteiger charge is 2.13. The van der Waals surface area contributed by atoms with Gasteiger partial charge in [-0.2, -0.15) is 4.98 Å². The molecule has 1 heterocycles. The normalized spacial score (nSPS) is 10.8. The second kappa shape index (κ2) is 7.62. The summed E-state index contributed by atoms with van der Waals surface area (Å²) in [6.45, 7) is 4.37. The zero-order valence-electron chi connectivity index (χ0n) is 12.1. The number of carbonyl (C=O) groups is 2. The molecule has 1 amide bonds. The van der Waals surface area contributed by atoms with Crippen molar-refractivity contribution in [2.24, 2.45) is 0 Å². The predicted octanol–water partition coefficient (Wildman–Crippen LogP) is 1.45. The molecular weight excluding hydrogens is 262 g/mol. The standard InChI is InChI=1S/C13H21N3O4/c1-9(2)13-14-10(20-15-13)6-7-11(17)16(3)8-4-5-12(18)19/h9H,4-8H2,1-3H3,(H,18,19). The van der Waals surface area contributed by atoms with Gasteiger partial charge in [-0.1, -0.05) is 19.0 Å². The number of carbonyl (C=O) groups excluding carboxylic acids is 1. The van der Waals surface area contributed by atoms with Gasteiger partial charge >= 0.3 is 5.97 Å². The van der Waals surface area contributed by atoms with E-state index in [4.69, 9.17) is 9.63 Å². The maximum Gasteiger partial charge on any atom is 0.303 e. The lowest BCUT2D eigenvalue weighted by Crippen LogP contribution is -2.28. The molecule has 1 rings (SSSR count). The average molecular weight is 283 g/mol. The van der Waals surface area contributed by atoms with E-state index in [1.54, 1.807) is 7.05 Å². The van der Waals surface area contributed by atoms with Crippen molar-refractivity contribution in [3.63, 3.8) is 0 Å². The highest BCUT2D eigenvalue weighted by atomic mass is 16.5. The molecule has 0 aliphatic heterocycles. The van der Waals surface area contributed by atoms with E-state index in [9.17, 15) is 9.59 Å². The number of amides is 1. The molecule has 0 fully saturated rings. The van der Waals surface area contributed by atoms with Crippen molar-refractivity contribution in [2.75, 3.05) is 13.6 Å².